The second-order valence-corrected chi connectivity index (χ2v) is 11.3. The first-order valence-electron chi connectivity index (χ1n) is 15.3. The Morgan fingerprint density at radius 3 is 2.30 bits per heavy atom. The van der Waals surface area contributed by atoms with Gasteiger partial charge >= 0.3 is 5.76 Å². The van der Waals surface area contributed by atoms with Gasteiger partial charge in [-0.05, 0) is 74.3 Å². The lowest BCUT2D eigenvalue weighted by Gasteiger charge is -2.31. The molecule has 47 heavy (non-hydrogen) atoms. The molecule has 13 nitrogen and oxygen atoms in total. The number of hydrogen-bond donors (Lipinski definition) is 2. The Kier molecular flexibility index (Phi) is 9.25. The highest BCUT2D eigenvalue weighted by Crippen LogP contribution is 2.25. The van der Waals surface area contributed by atoms with E-state index in [0.717, 1.165) is 55.5 Å². The van der Waals surface area contributed by atoms with Gasteiger partial charge in [0.25, 0.3) is 0 Å². The molecule has 6 aromatic rings. The topological polar surface area (TPSA) is 164 Å². The van der Waals surface area contributed by atoms with E-state index in [4.69, 9.17) is 19.6 Å². The standard InChI is InChI=1S/C25H27N5O4.C9H9N3O/c1-29-20-5-3-16(15-21(20)34-25(29)32)8-12-30-13-9-17(10-14-30)24(31)27-19-7-11-26-18-4-6-22(33-2)28-23(18)19;1-13-8-3-2-7-9(12-8)6(10)4-5-11-7/h3-7,11,15,17H,8-10,12-14H2,1-2H3,(H,26,27,31);2-5H,1H3,(H2,10,11). The van der Waals surface area contributed by atoms with Gasteiger partial charge in [0, 0.05) is 44.0 Å². The van der Waals surface area contributed by atoms with E-state index in [-0.39, 0.29) is 17.6 Å². The minimum absolute atomic E-state index is 0.0151. The third-order valence-electron chi connectivity index (χ3n) is 8.36. The molecule has 1 fully saturated rings. The number of nitrogens with one attached hydrogen (secondary N) is 1. The number of methoxy groups -OCH3 is 2. The summed E-state index contributed by atoms with van der Waals surface area (Å²) >= 11 is 0. The summed E-state index contributed by atoms with van der Waals surface area (Å²) in [4.78, 5) is 44.1. The molecular formula is C34H36N8O5. The normalized spacial score (nSPS) is 13.8. The smallest absolute Gasteiger partial charge is 0.419 e. The van der Waals surface area contributed by atoms with Crippen molar-refractivity contribution in [3.05, 3.63) is 83.1 Å². The van der Waals surface area contributed by atoms with Crippen LogP contribution in [-0.4, -0.2) is 69.2 Å². The van der Waals surface area contributed by atoms with Gasteiger partial charge < -0.3 is 29.8 Å². The van der Waals surface area contributed by atoms with Gasteiger partial charge in [-0.25, -0.2) is 14.8 Å². The maximum Gasteiger partial charge on any atom is 0.419 e. The van der Waals surface area contributed by atoms with Crippen molar-refractivity contribution in [1.82, 2.24) is 29.4 Å². The number of piperidine rings is 1. The van der Waals surface area contributed by atoms with Crippen molar-refractivity contribution in [3.63, 3.8) is 0 Å². The summed E-state index contributed by atoms with van der Waals surface area (Å²) in [6, 6.07) is 16.6. The van der Waals surface area contributed by atoms with E-state index >= 15 is 0 Å². The molecule has 5 aromatic heterocycles. The number of fused-ring (bicyclic) bond motifs is 3. The largest absolute Gasteiger partial charge is 0.481 e. The van der Waals surface area contributed by atoms with Gasteiger partial charge in [0.15, 0.2) is 5.58 Å². The monoisotopic (exact) mass is 636 g/mol. The van der Waals surface area contributed by atoms with Crippen LogP contribution in [0.15, 0.2) is 76.2 Å². The lowest BCUT2D eigenvalue weighted by Crippen LogP contribution is -2.39. The van der Waals surface area contributed by atoms with Crippen LogP contribution >= 0.6 is 0 Å². The molecule has 0 radical (unpaired) electrons. The molecule has 1 aliphatic rings. The molecule has 0 atom stereocenters. The Balaban J connectivity index is 0.000000248. The number of nitrogen functional groups attached to an aromatic ring is 1. The zero-order chi connectivity index (χ0) is 32.9. The van der Waals surface area contributed by atoms with Crippen molar-refractivity contribution in [2.45, 2.75) is 19.3 Å². The molecule has 7 rings (SSSR count). The number of pyridine rings is 4. The molecule has 0 bridgehead atoms. The van der Waals surface area contributed by atoms with Crippen LogP contribution in [0.1, 0.15) is 18.4 Å². The van der Waals surface area contributed by atoms with Crippen LogP contribution in [-0.2, 0) is 18.3 Å². The molecule has 6 heterocycles. The van der Waals surface area contributed by atoms with Crippen molar-refractivity contribution >= 4 is 50.4 Å². The number of ether oxygens (including phenoxy) is 2. The van der Waals surface area contributed by atoms with Crippen LogP contribution in [0.2, 0.25) is 0 Å². The van der Waals surface area contributed by atoms with Crippen molar-refractivity contribution in [3.8, 4) is 11.8 Å². The van der Waals surface area contributed by atoms with Crippen molar-refractivity contribution in [2.24, 2.45) is 13.0 Å². The number of nitrogens with two attached hydrogens (primary N) is 1. The second kappa shape index (κ2) is 13.8. The number of anilines is 2. The minimum Gasteiger partial charge on any atom is -0.481 e. The van der Waals surface area contributed by atoms with E-state index in [1.807, 2.05) is 30.3 Å². The average molecular weight is 637 g/mol. The zero-order valence-corrected chi connectivity index (χ0v) is 26.5. The van der Waals surface area contributed by atoms with Gasteiger partial charge in [-0.15, -0.1) is 0 Å². The number of aromatic nitrogens is 5. The molecule has 0 aliphatic carbocycles. The summed E-state index contributed by atoms with van der Waals surface area (Å²) < 4.78 is 17.0. The van der Waals surface area contributed by atoms with E-state index < -0.39 is 0 Å². The first-order valence-corrected chi connectivity index (χ1v) is 15.3. The van der Waals surface area contributed by atoms with Gasteiger partial charge in [0.05, 0.1) is 42.1 Å². The molecular weight excluding hydrogens is 600 g/mol. The lowest BCUT2D eigenvalue weighted by atomic mass is 9.95. The predicted octanol–water partition coefficient (Wildman–Crippen LogP) is 4.20. The van der Waals surface area contributed by atoms with Gasteiger partial charge in [0.1, 0.15) is 11.0 Å². The molecule has 0 unspecified atom stereocenters. The molecule has 13 heteroatoms. The summed E-state index contributed by atoms with van der Waals surface area (Å²) in [5.41, 5.74) is 12.3. The number of carbonyl (C=O) groups is 1. The number of aryl methyl sites for hydroxylation is 1. The molecule has 1 aliphatic heterocycles. The Morgan fingerprint density at radius 2 is 1.60 bits per heavy atom. The summed E-state index contributed by atoms with van der Waals surface area (Å²) in [5.74, 6) is 0.661. The molecule has 1 aromatic carbocycles. The van der Waals surface area contributed by atoms with E-state index in [1.54, 1.807) is 57.9 Å². The third kappa shape index (κ3) is 6.99. The fraction of sp³-hybridized carbons (Fsp3) is 0.294. The molecule has 0 saturated carbocycles. The Labute approximate surface area is 270 Å². The predicted molar refractivity (Wildman–Crippen MR) is 180 cm³/mol. The van der Waals surface area contributed by atoms with Gasteiger partial charge in [-0.3, -0.25) is 19.3 Å². The van der Waals surface area contributed by atoms with Crippen LogP contribution in [0, 0.1) is 5.92 Å². The summed E-state index contributed by atoms with van der Waals surface area (Å²) in [6.45, 7) is 2.63. The zero-order valence-electron chi connectivity index (χ0n) is 26.5. The number of amides is 1. The average Bonchev–Trinajstić information content (AvgIpc) is 3.39. The number of oxazole rings is 1. The summed E-state index contributed by atoms with van der Waals surface area (Å²) in [5, 5.41) is 3.05. The fourth-order valence-corrected chi connectivity index (χ4v) is 5.64. The van der Waals surface area contributed by atoms with Crippen molar-refractivity contribution in [1.29, 1.82) is 0 Å². The molecule has 1 saturated heterocycles. The highest BCUT2D eigenvalue weighted by atomic mass is 16.5. The third-order valence-corrected chi connectivity index (χ3v) is 8.36. The van der Waals surface area contributed by atoms with Crippen LogP contribution in [0.5, 0.6) is 11.8 Å². The SMILES string of the molecule is COc1ccc2nccc(N)c2n1.COc1ccc2nccc(NC(=O)C3CCN(CCc4ccc5c(c4)oc(=O)n5C)CC3)c2n1. The fourth-order valence-electron chi connectivity index (χ4n) is 5.64. The Morgan fingerprint density at radius 1 is 0.936 bits per heavy atom. The van der Waals surface area contributed by atoms with E-state index in [0.29, 0.717) is 45.3 Å². The molecule has 1 amide bonds. The van der Waals surface area contributed by atoms with Crippen LogP contribution < -0.4 is 26.3 Å². The summed E-state index contributed by atoms with van der Waals surface area (Å²) in [6.07, 6.45) is 5.80. The van der Waals surface area contributed by atoms with E-state index in [1.165, 1.54) is 4.57 Å². The molecule has 242 valence electrons. The first kappa shape index (κ1) is 31.4. The first-order chi connectivity index (χ1) is 22.8. The van der Waals surface area contributed by atoms with Gasteiger partial charge in [-0.2, -0.15) is 0 Å². The number of carbonyl (C=O) groups excluding carboxylic acids is 1. The van der Waals surface area contributed by atoms with Crippen LogP contribution in [0.3, 0.4) is 0 Å². The molecule has 0 spiro atoms. The van der Waals surface area contributed by atoms with Crippen LogP contribution in [0.25, 0.3) is 33.2 Å². The second-order valence-electron chi connectivity index (χ2n) is 11.3. The number of nitrogens with zero attached hydrogens (tertiary/aromatic N) is 6. The maximum atomic E-state index is 13.0. The highest BCUT2D eigenvalue weighted by molar-refractivity contribution is 6.00. The highest BCUT2D eigenvalue weighted by Gasteiger charge is 2.25. The number of benzene rings is 1. The van der Waals surface area contributed by atoms with Gasteiger partial charge in [-0.1, -0.05) is 6.07 Å². The number of rotatable bonds is 7. The van der Waals surface area contributed by atoms with E-state index in [9.17, 15) is 9.59 Å². The quantitative estimate of drug-likeness (QED) is 0.258. The van der Waals surface area contributed by atoms with Crippen molar-refractivity contribution in [2.75, 3.05) is 44.9 Å². The number of hydrogen-bond acceptors (Lipinski definition) is 11. The molecule has 3 N–H and O–H groups in total. The lowest BCUT2D eigenvalue weighted by molar-refractivity contribution is -0.121. The number of likely N-dealkylation sites (tertiary alicyclic amines) is 1. The van der Waals surface area contributed by atoms with Crippen LogP contribution in [0.4, 0.5) is 11.4 Å². The maximum absolute atomic E-state index is 13.0. The summed E-state index contributed by atoms with van der Waals surface area (Å²) in [7, 11) is 4.84. The minimum atomic E-state index is -0.345. The Bertz CT molecular complexity index is 2100. The van der Waals surface area contributed by atoms with Crippen molar-refractivity contribution < 1.29 is 18.7 Å². The Hall–Kier alpha value is -5.56. The van der Waals surface area contributed by atoms with E-state index in [2.05, 4.69) is 30.2 Å². The van der Waals surface area contributed by atoms with Gasteiger partial charge in [0.2, 0.25) is 17.7 Å².